The monoisotopic (exact) mass is 830 g/mol. The normalized spacial score (nSPS) is 14.9. The lowest BCUT2D eigenvalue weighted by Gasteiger charge is -2.19. The summed E-state index contributed by atoms with van der Waals surface area (Å²) >= 11 is 0. The van der Waals surface area contributed by atoms with Crippen molar-refractivity contribution in [2.45, 2.75) is 148 Å². The molecule has 0 aromatic rings. The number of carbonyl (C=O) groups excluding carboxylic acids is 2. The van der Waals surface area contributed by atoms with E-state index in [1.165, 1.54) is 19.3 Å². The van der Waals surface area contributed by atoms with Crippen molar-refractivity contribution in [2.24, 2.45) is 5.73 Å². The number of unbranched alkanes of at least 4 members (excludes halogenated alkanes) is 7. The molecule has 0 amide bonds. The van der Waals surface area contributed by atoms with E-state index in [4.69, 9.17) is 24.3 Å². The Morgan fingerprint density at radius 2 is 1.17 bits per heavy atom. The van der Waals surface area contributed by atoms with Gasteiger partial charge in [0.05, 0.1) is 19.3 Å². The average Bonchev–Trinajstić information content (AvgIpc) is 3.21. The van der Waals surface area contributed by atoms with Gasteiger partial charge in [0.2, 0.25) is 0 Å². The van der Waals surface area contributed by atoms with E-state index in [2.05, 4.69) is 80.7 Å². The fourth-order valence-electron chi connectivity index (χ4n) is 5.03. The van der Waals surface area contributed by atoms with Crippen molar-refractivity contribution in [3.8, 4) is 0 Å². The van der Waals surface area contributed by atoms with Crippen molar-refractivity contribution < 1.29 is 42.7 Å². The first-order valence-electron chi connectivity index (χ1n) is 21.5. The maximum atomic E-state index is 12.6. The number of hydrogen-bond donors (Lipinski definition) is 3. The lowest BCUT2D eigenvalue weighted by molar-refractivity contribution is -0.161. The molecule has 0 heterocycles. The van der Waals surface area contributed by atoms with Gasteiger partial charge in [0.15, 0.2) is 6.10 Å². The molecule has 0 aliphatic carbocycles. The van der Waals surface area contributed by atoms with E-state index in [1.54, 1.807) is 6.08 Å². The van der Waals surface area contributed by atoms with Crippen LogP contribution in [-0.2, 0) is 32.7 Å². The van der Waals surface area contributed by atoms with E-state index in [-0.39, 0.29) is 32.6 Å². The molecule has 0 aromatic heterocycles. The summed E-state index contributed by atoms with van der Waals surface area (Å²) in [6.07, 6.45) is 51.5. The summed E-state index contributed by atoms with van der Waals surface area (Å²) in [7, 11) is -4.42. The SMILES string of the molecule is CC/C=C\C/C=C\C/C=C\C/C=C\C/C=C\CCCCCC(=O)OC[C@H](COP(=O)(O)OCCN)OC(=O)CCC/C=C\C/C=C\C=C\[C@@H](O)C/C=C\CCCCC. The first-order valence-corrected chi connectivity index (χ1v) is 23.0. The molecule has 0 bridgehead atoms. The molecule has 58 heavy (non-hydrogen) atoms. The van der Waals surface area contributed by atoms with Gasteiger partial charge in [-0.15, -0.1) is 0 Å². The zero-order valence-electron chi connectivity index (χ0n) is 35.6. The van der Waals surface area contributed by atoms with Gasteiger partial charge >= 0.3 is 19.8 Å². The molecular formula is C47H76NO9P. The van der Waals surface area contributed by atoms with Crippen LogP contribution in [0.1, 0.15) is 136 Å². The van der Waals surface area contributed by atoms with Crippen molar-refractivity contribution in [1.29, 1.82) is 0 Å². The predicted molar refractivity (Wildman–Crippen MR) is 239 cm³/mol. The van der Waals surface area contributed by atoms with Gasteiger partial charge in [-0.05, 0) is 89.9 Å². The topological polar surface area (TPSA) is 155 Å². The van der Waals surface area contributed by atoms with E-state index in [0.29, 0.717) is 32.1 Å². The number of carbonyl (C=O) groups is 2. The molecule has 328 valence electrons. The summed E-state index contributed by atoms with van der Waals surface area (Å²) in [4.78, 5) is 34.8. The van der Waals surface area contributed by atoms with Crippen LogP contribution in [0, 0.1) is 0 Å². The van der Waals surface area contributed by atoms with Crippen molar-refractivity contribution in [3.63, 3.8) is 0 Å². The third-order valence-corrected chi connectivity index (χ3v) is 9.21. The fourth-order valence-corrected chi connectivity index (χ4v) is 5.79. The van der Waals surface area contributed by atoms with Crippen LogP contribution in [0.25, 0.3) is 0 Å². The van der Waals surface area contributed by atoms with Gasteiger partial charge in [-0.2, -0.15) is 0 Å². The molecule has 0 aliphatic rings. The highest BCUT2D eigenvalue weighted by Crippen LogP contribution is 2.43. The fraction of sp³-hybridized carbons (Fsp3) is 0.574. The van der Waals surface area contributed by atoms with Gasteiger partial charge in [0.25, 0.3) is 0 Å². The third kappa shape index (κ3) is 40.8. The Morgan fingerprint density at radius 1 is 0.621 bits per heavy atom. The average molecular weight is 830 g/mol. The smallest absolute Gasteiger partial charge is 0.462 e. The maximum absolute atomic E-state index is 12.6. The minimum Gasteiger partial charge on any atom is -0.462 e. The second-order valence-corrected chi connectivity index (χ2v) is 15.1. The number of esters is 2. The molecule has 0 saturated carbocycles. The number of allylic oxidation sites excluding steroid dienone is 16. The maximum Gasteiger partial charge on any atom is 0.472 e. The molecule has 0 radical (unpaired) electrons. The van der Waals surface area contributed by atoms with Crippen LogP contribution in [0.15, 0.2) is 109 Å². The van der Waals surface area contributed by atoms with Crippen molar-refractivity contribution in [2.75, 3.05) is 26.4 Å². The molecule has 1 unspecified atom stereocenters. The minimum atomic E-state index is -4.42. The second-order valence-electron chi connectivity index (χ2n) is 13.7. The zero-order valence-corrected chi connectivity index (χ0v) is 36.5. The number of phosphoric acid groups is 1. The highest BCUT2D eigenvalue weighted by atomic mass is 31.2. The number of rotatable bonds is 38. The van der Waals surface area contributed by atoms with E-state index in [0.717, 1.165) is 57.8 Å². The number of aliphatic hydroxyl groups excluding tert-OH is 1. The van der Waals surface area contributed by atoms with Crippen LogP contribution in [0.4, 0.5) is 0 Å². The second kappa shape index (κ2) is 41.8. The number of aliphatic hydroxyl groups is 1. The highest BCUT2D eigenvalue weighted by Gasteiger charge is 2.25. The molecule has 0 rings (SSSR count). The number of hydrogen-bond acceptors (Lipinski definition) is 9. The molecule has 11 heteroatoms. The standard InChI is InChI=1S/C47H76NO9P/c1-3-5-7-9-11-12-13-14-15-16-17-18-19-20-21-22-26-30-34-38-46(50)54-42-45(43-56-58(52,53)55-41-40-48)57-47(51)39-35-31-27-24-23-25-29-33-37-44(49)36-32-28-10-8-6-4-2/h5,7,11-12,14-15,17-18,20-21,24-25,27-29,32-33,37,44-45,49H,3-4,6,8-10,13,16,19,22-23,26,30-31,34-36,38-43,48H2,1-2H3,(H,52,53)/b7-5-,12-11-,15-14-,18-17-,21-20-,27-24-,29-25-,32-28-,37-33+/t44-,45+/m0/s1. The summed E-state index contributed by atoms with van der Waals surface area (Å²) in [5.41, 5.74) is 5.33. The minimum absolute atomic E-state index is 0.0233. The van der Waals surface area contributed by atoms with Crippen LogP contribution in [0.5, 0.6) is 0 Å². The van der Waals surface area contributed by atoms with E-state index in [9.17, 15) is 24.2 Å². The molecule has 0 fully saturated rings. The molecule has 0 aromatic carbocycles. The lowest BCUT2D eigenvalue weighted by Crippen LogP contribution is -2.29. The Morgan fingerprint density at radius 3 is 1.79 bits per heavy atom. The molecule has 10 nitrogen and oxygen atoms in total. The summed E-state index contributed by atoms with van der Waals surface area (Å²) in [5, 5.41) is 10.0. The molecule has 3 atom stereocenters. The largest absolute Gasteiger partial charge is 0.472 e. The lowest BCUT2D eigenvalue weighted by atomic mass is 10.1. The molecule has 4 N–H and O–H groups in total. The number of ether oxygens (including phenoxy) is 2. The van der Waals surface area contributed by atoms with Crippen LogP contribution >= 0.6 is 7.82 Å². The Bertz CT molecular complexity index is 1330. The summed E-state index contributed by atoms with van der Waals surface area (Å²) in [6.45, 7) is 3.36. The third-order valence-electron chi connectivity index (χ3n) is 8.22. The van der Waals surface area contributed by atoms with Crippen molar-refractivity contribution in [1.82, 2.24) is 0 Å². The molecule has 0 aliphatic heterocycles. The van der Waals surface area contributed by atoms with Gasteiger partial charge < -0.3 is 25.2 Å². The number of phosphoric ester groups is 1. The Labute approximate surface area is 351 Å². The zero-order chi connectivity index (χ0) is 42.6. The van der Waals surface area contributed by atoms with Crippen LogP contribution in [-0.4, -0.2) is 60.5 Å². The summed E-state index contributed by atoms with van der Waals surface area (Å²) < 4.78 is 32.6. The van der Waals surface area contributed by atoms with Gasteiger partial charge in [0, 0.05) is 19.4 Å². The molecular weight excluding hydrogens is 753 g/mol. The quantitative estimate of drug-likeness (QED) is 0.0180. The predicted octanol–water partition coefficient (Wildman–Crippen LogP) is 11.4. The van der Waals surface area contributed by atoms with E-state index in [1.807, 2.05) is 36.5 Å². The summed E-state index contributed by atoms with van der Waals surface area (Å²) in [5.74, 6) is -0.984. The van der Waals surface area contributed by atoms with E-state index < -0.39 is 38.6 Å². The van der Waals surface area contributed by atoms with Crippen molar-refractivity contribution >= 4 is 19.8 Å². The summed E-state index contributed by atoms with van der Waals surface area (Å²) in [6, 6.07) is 0. The van der Waals surface area contributed by atoms with Crippen LogP contribution in [0.3, 0.4) is 0 Å². The van der Waals surface area contributed by atoms with Crippen LogP contribution in [0.2, 0.25) is 0 Å². The van der Waals surface area contributed by atoms with Gasteiger partial charge in [-0.25, -0.2) is 4.57 Å². The Balaban J connectivity index is 4.41. The van der Waals surface area contributed by atoms with Gasteiger partial charge in [-0.1, -0.05) is 142 Å². The number of nitrogens with two attached hydrogens (primary N) is 1. The molecule has 0 spiro atoms. The first-order chi connectivity index (χ1) is 28.2. The van der Waals surface area contributed by atoms with Gasteiger partial charge in [0.1, 0.15) is 6.61 Å². The van der Waals surface area contributed by atoms with E-state index >= 15 is 0 Å². The van der Waals surface area contributed by atoms with Gasteiger partial charge in [-0.3, -0.25) is 18.6 Å². The van der Waals surface area contributed by atoms with Crippen LogP contribution < -0.4 is 5.73 Å². The van der Waals surface area contributed by atoms with Crippen molar-refractivity contribution in [3.05, 3.63) is 109 Å². The molecule has 0 saturated heterocycles. The Kier molecular flexibility index (Phi) is 39.4. The first kappa shape index (κ1) is 54.6. The highest BCUT2D eigenvalue weighted by molar-refractivity contribution is 7.47. The Hall–Kier alpha value is -3.37.